The third kappa shape index (κ3) is 4.65. The van der Waals surface area contributed by atoms with Gasteiger partial charge in [-0.2, -0.15) is 11.3 Å². The van der Waals surface area contributed by atoms with Crippen LogP contribution in [-0.2, 0) is 6.42 Å². The maximum absolute atomic E-state index is 13.1. The van der Waals surface area contributed by atoms with Crippen LogP contribution < -0.4 is 10.2 Å². The molecule has 19 heavy (non-hydrogen) atoms. The lowest BCUT2D eigenvalue weighted by Crippen LogP contribution is -2.30. The fourth-order valence-electron chi connectivity index (χ4n) is 1.88. The molecule has 1 aromatic heterocycles. The topological polar surface area (TPSA) is 15.3 Å². The number of thiophene rings is 1. The van der Waals surface area contributed by atoms with E-state index in [1.54, 1.807) is 23.5 Å². The monoisotopic (exact) mass is 278 g/mol. The second kappa shape index (κ2) is 7.26. The van der Waals surface area contributed by atoms with Gasteiger partial charge >= 0.3 is 0 Å². The molecular weight excluding hydrogens is 259 g/mol. The highest BCUT2D eigenvalue weighted by molar-refractivity contribution is 7.07. The van der Waals surface area contributed by atoms with Gasteiger partial charge < -0.3 is 10.2 Å². The van der Waals surface area contributed by atoms with Crippen molar-refractivity contribution in [2.24, 2.45) is 0 Å². The van der Waals surface area contributed by atoms with Crippen molar-refractivity contribution in [2.45, 2.75) is 6.42 Å². The van der Waals surface area contributed by atoms with E-state index < -0.39 is 0 Å². The molecule has 0 radical (unpaired) electrons. The van der Waals surface area contributed by atoms with Crippen LogP contribution in [0.2, 0.25) is 0 Å². The molecular formula is C15H19FN2S. The summed E-state index contributed by atoms with van der Waals surface area (Å²) in [5.41, 5.74) is 2.30. The fraction of sp³-hybridized carbons (Fsp3) is 0.333. The lowest BCUT2D eigenvalue weighted by atomic mass is 10.2. The highest BCUT2D eigenvalue weighted by Gasteiger charge is 2.01. The molecule has 1 heterocycles. The molecule has 0 saturated carbocycles. The molecule has 0 amide bonds. The van der Waals surface area contributed by atoms with Gasteiger partial charge in [0.2, 0.25) is 0 Å². The first-order valence-corrected chi connectivity index (χ1v) is 7.38. The molecule has 0 atom stereocenters. The van der Waals surface area contributed by atoms with E-state index in [2.05, 4.69) is 27.0 Å². The third-order valence-electron chi connectivity index (χ3n) is 3.04. The van der Waals surface area contributed by atoms with Gasteiger partial charge in [-0.3, -0.25) is 0 Å². The van der Waals surface area contributed by atoms with E-state index in [0.717, 1.165) is 31.7 Å². The summed E-state index contributed by atoms with van der Waals surface area (Å²) in [5.74, 6) is -0.185. The van der Waals surface area contributed by atoms with E-state index in [4.69, 9.17) is 0 Å². The number of nitrogens with one attached hydrogen (secondary N) is 1. The Labute approximate surface area is 117 Å². The van der Waals surface area contributed by atoms with E-state index in [-0.39, 0.29) is 5.82 Å². The quantitative estimate of drug-likeness (QED) is 0.783. The van der Waals surface area contributed by atoms with Crippen molar-refractivity contribution in [1.82, 2.24) is 5.32 Å². The molecule has 4 heteroatoms. The minimum Gasteiger partial charge on any atom is -0.373 e. The Bertz CT molecular complexity index is 485. The minimum absolute atomic E-state index is 0.185. The summed E-state index contributed by atoms with van der Waals surface area (Å²) in [7, 11) is 1.98. The highest BCUT2D eigenvalue weighted by Crippen LogP contribution is 2.13. The predicted molar refractivity (Wildman–Crippen MR) is 80.6 cm³/mol. The van der Waals surface area contributed by atoms with Crippen molar-refractivity contribution in [1.29, 1.82) is 0 Å². The van der Waals surface area contributed by atoms with Crippen LogP contribution in [0.25, 0.3) is 0 Å². The zero-order chi connectivity index (χ0) is 13.5. The summed E-state index contributed by atoms with van der Waals surface area (Å²) in [4.78, 5) is 2.06. The molecule has 1 aromatic carbocycles. The Morgan fingerprint density at radius 2 is 2.16 bits per heavy atom. The molecule has 1 N–H and O–H groups in total. The van der Waals surface area contributed by atoms with Crippen molar-refractivity contribution in [3.63, 3.8) is 0 Å². The van der Waals surface area contributed by atoms with Crippen molar-refractivity contribution < 1.29 is 4.39 Å². The molecule has 0 aliphatic carbocycles. The van der Waals surface area contributed by atoms with Gasteiger partial charge in [-0.05, 0) is 53.6 Å². The van der Waals surface area contributed by atoms with Crippen LogP contribution in [0.4, 0.5) is 10.1 Å². The summed E-state index contributed by atoms with van der Waals surface area (Å²) in [6.07, 6.45) is 1.06. The van der Waals surface area contributed by atoms with Crippen molar-refractivity contribution in [2.75, 3.05) is 31.6 Å². The summed E-state index contributed by atoms with van der Waals surface area (Å²) in [5, 5.41) is 7.69. The van der Waals surface area contributed by atoms with Gasteiger partial charge in [0, 0.05) is 25.8 Å². The van der Waals surface area contributed by atoms with E-state index in [9.17, 15) is 4.39 Å². The van der Waals surface area contributed by atoms with Crippen LogP contribution in [0.5, 0.6) is 0 Å². The van der Waals surface area contributed by atoms with E-state index in [1.165, 1.54) is 11.6 Å². The molecule has 0 saturated heterocycles. The average molecular weight is 278 g/mol. The van der Waals surface area contributed by atoms with Crippen molar-refractivity contribution in [3.8, 4) is 0 Å². The Hall–Kier alpha value is -1.39. The summed E-state index contributed by atoms with van der Waals surface area (Å²) >= 11 is 1.74. The van der Waals surface area contributed by atoms with Crippen LogP contribution in [0, 0.1) is 5.82 Å². The fourth-order valence-corrected chi connectivity index (χ4v) is 2.59. The predicted octanol–water partition coefficient (Wildman–Crippen LogP) is 3.16. The molecule has 2 rings (SSSR count). The summed E-state index contributed by atoms with van der Waals surface area (Å²) < 4.78 is 13.1. The number of anilines is 1. The zero-order valence-electron chi connectivity index (χ0n) is 11.1. The normalized spacial score (nSPS) is 10.6. The van der Waals surface area contributed by atoms with E-state index >= 15 is 0 Å². The molecule has 0 aliphatic rings. The lowest BCUT2D eigenvalue weighted by Gasteiger charge is -2.19. The molecule has 0 bridgehead atoms. The van der Waals surface area contributed by atoms with Gasteiger partial charge in [0.25, 0.3) is 0 Å². The van der Waals surface area contributed by atoms with Gasteiger partial charge in [-0.25, -0.2) is 4.39 Å². The van der Waals surface area contributed by atoms with Gasteiger partial charge in [0.05, 0.1) is 0 Å². The number of halogens is 1. The van der Waals surface area contributed by atoms with E-state index in [1.807, 2.05) is 13.1 Å². The van der Waals surface area contributed by atoms with Crippen LogP contribution in [0.1, 0.15) is 5.56 Å². The summed E-state index contributed by atoms with van der Waals surface area (Å²) in [6, 6.07) is 8.85. The van der Waals surface area contributed by atoms with Crippen LogP contribution in [0.3, 0.4) is 0 Å². The SMILES string of the molecule is CN(CCNCCc1ccsc1)c1cccc(F)c1. The smallest absolute Gasteiger partial charge is 0.125 e. The molecule has 2 nitrogen and oxygen atoms in total. The zero-order valence-corrected chi connectivity index (χ0v) is 11.9. The second-order valence-electron chi connectivity index (χ2n) is 4.53. The number of rotatable bonds is 7. The number of hydrogen-bond acceptors (Lipinski definition) is 3. The Morgan fingerprint density at radius 1 is 1.26 bits per heavy atom. The number of likely N-dealkylation sites (N-methyl/N-ethyl adjacent to an activating group) is 1. The molecule has 0 aliphatic heterocycles. The van der Waals surface area contributed by atoms with Gasteiger partial charge in [-0.15, -0.1) is 0 Å². The summed E-state index contributed by atoms with van der Waals surface area (Å²) in [6.45, 7) is 2.75. The first kappa shape index (κ1) is 14.0. The first-order chi connectivity index (χ1) is 9.25. The molecule has 102 valence electrons. The van der Waals surface area contributed by atoms with Gasteiger partial charge in [0.15, 0.2) is 0 Å². The number of benzene rings is 1. The van der Waals surface area contributed by atoms with Crippen LogP contribution >= 0.6 is 11.3 Å². The molecule has 0 spiro atoms. The Kier molecular flexibility index (Phi) is 5.36. The van der Waals surface area contributed by atoms with Crippen molar-refractivity contribution >= 4 is 17.0 Å². The second-order valence-corrected chi connectivity index (χ2v) is 5.31. The van der Waals surface area contributed by atoms with Crippen molar-refractivity contribution in [3.05, 3.63) is 52.5 Å². The lowest BCUT2D eigenvalue weighted by molar-refractivity contribution is 0.626. The van der Waals surface area contributed by atoms with Crippen LogP contribution in [-0.4, -0.2) is 26.7 Å². The number of hydrogen-bond donors (Lipinski definition) is 1. The Morgan fingerprint density at radius 3 is 2.89 bits per heavy atom. The Balaban J connectivity index is 1.65. The van der Waals surface area contributed by atoms with Gasteiger partial charge in [0.1, 0.15) is 5.82 Å². The maximum atomic E-state index is 13.1. The van der Waals surface area contributed by atoms with E-state index in [0.29, 0.717) is 0 Å². The standard InChI is InChI=1S/C15H19FN2S/c1-18(15-4-2-3-14(16)11-15)9-8-17-7-5-13-6-10-19-12-13/h2-4,6,10-12,17H,5,7-9H2,1H3. The van der Waals surface area contributed by atoms with Crippen LogP contribution in [0.15, 0.2) is 41.1 Å². The van der Waals surface area contributed by atoms with Gasteiger partial charge in [-0.1, -0.05) is 6.07 Å². The minimum atomic E-state index is -0.185. The highest BCUT2D eigenvalue weighted by atomic mass is 32.1. The molecule has 2 aromatic rings. The maximum Gasteiger partial charge on any atom is 0.125 e. The number of nitrogens with zero attached hydrogens (tertiary/aromatic N) is 1. The molecule has 0 unspecified atom stereocenters. The molecule has 0 fully saturated rings. The average Bonchev–Trinajstić information content (AvgIpc) is 2.91. The largest absolute Gasteiger partial charge is 0.373 e. The third-order valence-corrected chi connectivity index (χ3v) is 3.78. The first-order valence-electron chi connectivity index (χ1n) is 6.44.